The molecule has 1 aliphatic heterocycles. The molecule has 1 unspecified atom stereocenters. The number of rotatable bonds is 1. The molecular weight excluding hydrogens is 168 g/mol. The van der Waals surface area contributed by atoms with E-state index in [2.05, 4.69) is 4.74 Å². The lowest BCUT2D eigenvalue weighted by Crippen LogP contribution is -2.58. The molecule has 0 aromatic heterocycles. The summed E-state index contributed by atoms with van der Waals surface area (Å²) < 4.78 is 53.4. The molecule has 1 heterocycles. The van der Waals surface area contributed by atoms with Crippen molar-refractivity contribution in [1.29, 1.82) is 0 Å². The summed E-state index contributed by atoms with van der Waals surface area (Å²) in [6, 6.07) is 0. The van der Waals surface area contributed by atoms with E-state index in [0.717, 1.165) is 0 Å². The second kappa shape index (κ2) is 3.65. The molecule has 0 bridgehead atoms. The van der Waals surface area contributed by atoms with Gasteiger partial charge in [-0.05, 0) is 0 Å². The average Bonchev–Trinajstić information content (AvgIpc) is 2.12. The molecule has 6 heteroatoms. The Morgan fingerprint density at radius 2 is 1.75 bits per heavy atom. The monoisotopic (exact) mass is 187 g/mol. The van der Waals surface area contributed by atoms with Crippen LogP contribution < -0.4 is 0 Å². The minimum atomic E-state index is -4.16. The van der Waals surface area contributed by atoms with Gasteiger partial charge in [0.2, 0.25) is 0 Å². The maximum atomic E-state index is 9.57. The summed E-state index contributed by atoms with van der Waals surface area (Å²) in [5.74, 6) is 0. The van der Waals surface area contributed by atoms with Crippen LogP contribution in [0, 0.1) is 0 Å². The van der Waals surface area contributed by atoms with Crippen LogP contribution in [0.3, 0.4) is 0 Å². The molecule has 0 spiro atoms. The standard InChI is InChI=1S/C6H12O6/c7-1-2-3(8)4(9)5(10)6(11)12-2/h2-11H,1H2/t2-,3+,4-,5+,6?/m0/s1/i1D2,2D,3D,4D,5D,6D. The zero-order chi connectivity index (χ0) is 15.7. The molecule has 72 valence electrons. The molecule has 0 aliphatic carbocycles. The molecule has 1 aliphatic rings. The van der Waals surface area contributed by atoms with E-state index in [0.29, 0.717) is 0 Å². The van der Waals surface area contributed by atoms with E-state index in [9.17, 15) is 20.4 Å². The molecule has 0 radical (unpaired) electrons. The van der Waals surface area contributed by atoms with Crippen molar-refractivity contribution >= 4 is 0 Å². The molecule has 1 saturated heterocycles. The van der Waals surface area contributed by atoms with Gasteiger partial charge in [0.25, 0.3) is 0 Å². The molecule has 0 amide bonds. The van der Waals surface area contributed by atoms with Gasteiger partial charge in [0.05, 0.1) is 16.2 Å². The third-order valence-electron chi connectivity index (χ3n) is 1.17. The number of hydrogen-bond donors (Lipinski definition) is 5. The second-order valence-corrected chi connectivity index (χ2v) is 1.89. The minimum Gasteiger partial charge on any atom is -0.394 e. The summed E-state index contributed by atoms with van der Waals surface area (Å²) in [6.45, 7) is -3.93. The molecular formula is C6H12O6. The van der Waals surface area contributed by atoms with Crippen molar-refractivity contribution in [3.63, 3.8) is 0 Å². The van der Waals surface area contributed by atoms with Gasteiger partial charge in [0.15, 0.2) is 6.27 Å². The molecule has 6 nitrogen and oxygen atoms in total. The van der Waals surface area contributed by atoms with Gasteiger partial charge < -0.3 is 30.3 Å². The van der Waals surface area contributed by atoms with Crippen molar-refractivity contribution in [2.24, 2.45) is 0 Å². The highest BCUT2D eigenvalue weighted by molar-refractivity contribution is 4.87. The van der Waals surface area contributed by atoms with Crippen molar-refractivity contribution in [2.75, 3.05) is 6.56 Å². The first kappa shape index (κ1) is 3.87. The average molecular weight is 187 g/mol. The van der Waals surface area contributed by atoms with Gasteiger partial charge in [-0.1, -0.05) is 0 Å². The van der Waals surface area contributed by atoms with Crippen LogP contribution in [0.4, 0.5) is 0 Å². The molecule has 12 heavy (non-hydrogen) atoms. The summed E-state index contributed by atoms with van der Waals surface area (Å²) in [5.41, 5.74) is 0. The molecule has 1 rings (SSSR count). The van der Waals surface area contributed by atoms with Crippen LogP contribution in [-0.4, -0.2) is 62.7 Å². The number of ether oxygens (including phenoxy) is 1. The topological polar surface area (TPSA) is 110 Å². The van der Waals surface area contributed by atoms with Crippen LogP contribution in [0.1, 0.15) is 9.60 Å². The third kappa shape index (κ3) is 1.58. The van der Waals surface area contributed by atoms with Crippen LogP contribution in [-0.2, 0) is 4.74 Å². The molecule has 0 aromatic rings. The summed E-state index contributed by atoms with van der Waals surface area (Å²) in [6.07, 6.45) is -20.3. The fraction of sp³-hybridized carbons (Fsp3) is 1.00. The highest BCUT2D eigenvalue weighted by Crippen LogP contribution is 2.18. The summed E-state index contributed by atoms with van der Waals surface area (Å²) in [5, 5.41) is 46.8. The third-order valence-corrected chi connectivity index (χ3v) is 1.17. The maximum Gasteiger partial charge on any atom is 0.184 e. The van der Waals surface area contributed by atoms with E-state index >= 15 is 0 Å². The quantitative estimate of drug-likeness (QED) is 0.295. The van der Waals surface area contributed by atoms with E-state index in [1.807, 2.05) is 0 Å². The second-order valence-electron chi connectivity index (χ2n) is 1.89. The zero-order valence-corrected chi connectivity index (χ0v) is 5.64. The Balaban J connectivity index is 3.60. The Morgan fingerprint density at radius 3 is 2.25 bits per heavy atom. The number of aliphatic hydroxyl groups is 5. The Hall–Kier alpha value is -0.240. The Kier molecular flexibility index (Phi) is 1.18. The predicted molar refractivity (Wildman–Crippen MR) is 36.0 cm³/mol. The SMILES string of the molecule is [2H]C1(O)O[C@@]([2H])(C([2H])([2H])O)[C@@]([2H])(O)[C@]([2H])(O)[C@@]1([2H])O. The minimum absolute atomic E-state index is 3.90. The Morgan fingerprint density at radius 1 is 1.17 bits per heavy atom. The first-order chi connectivity index (χ1) is 7.96. The highest BCUT2D eigenvalue weighted by atomic mass is 16.6. The molecule has 5 atom stereocenters. The highest BCUT2D eigenvalue weighted by Gasteiger charge is 2.42. The van der Waals surface area contributed by atoms with Gasteiger partial charge >= 0.3 is 0 Å². The van der Waals surface area contributed by atoms with Gasteiger partial charge in [-0.3, -0.25) is 0 Å². The van der Waals surface area contributed by atoms with Crippen LogP contribution >= 0.6 is 0 Å². The van der Waals surface area contributed by atoms with Gasteiger partial charge in [-0.25, -0.2) is 0 Å². The first-order valence-corrected chi connectivity index (χ1v) is 2.78. The van der Waals surface area contributed by atoms with Crippen LogP contribution in [0.2, 0.25) is 0 Å². The fourth-order valence-electron chi connectivity index (χ4n) is 0.590. The lowest BCUT2D eigenvalue weighted by Gasteiger charge is -2.37. The van der Waals surface area contributed by atoms with E-state index < -0.39 is 37.1 Å². The maximum absolute atomic E-state index is 9.57. The molecule has 5 N–H and O–H groups in total. The number of hydrogen-bond acceptors (Lipinski definition) is 6. The molecule has 0 aromatic carbocycles. The van der Waals surface area contributed by atoms with Crippen molar-refractivity contribution in [3.05, 3.63) is 0 Å². The van der Waals surface area contributed by atoms with Gasteiger partial charge in [0.1, 0.15) is 24.3 Å². The predicted octanol–water partition coefficient (Wildman–Crippen LogP) is -3.22. The van der Waals surface area contributed by atoms with Crippen LogP contribution in [0.25, 0.3) is 0 Å². The Labute approximate surface area is 78.5 Å². The summed E-state index contributed by atoms with van der Waals surface area (Å²) in [7, 11) is 0. The lowest BCUT2D eigenvalue weighted by atomic mass is 10.00. The van der Waals surface area contributed by atoms with Crippen LogP contribution in [0.5, 0.6) is 0 Å². The largest absolute Gasteiger partial charge is 0.394 e. The van der Waals surface area contributed by atoms with Crippen molar-refractivity contribution in [3.8, 4) is 0 Å². The van der Waals surface area contributed by atoms with E-state index in [4.69, 9.17) is 14.7 Å². The van der Waals surface area contributed by atoms with Gasteiger partial charge in [-0.2, -0.15) is 0 Å². The van der Waals surface area contributed by atoms with E-state index in [1.54, 1.807) is 0 Å². The van der Waals surface area contributed by atoms with Crippen molar-refractivity contribution in [1.82, 2.24) is 0 Å². The summed E-state index contributed by atoms with van der Waals surface area (Å²) >= 11 is 0. The fourth-order valence-corrected chi connectivity index (χ4v) is 0.590. The van der Waals surface area contributed by atoms with Gasteiger partial charge in [0, 0.05) is 0 Å². The van der Waals surface area contributed by atoms with E-state index in [1.165, 1.54) is 0 Å². The lowest BCUT2D eigenvalue weighted by molar-refractivity contribution is -0.286. The Bertz CT molecular complexity index is 390. The van der Waals surface area contributed by atoms with Gasteiger partial charge in [-0.15, -0.1) is 0 Å². The smallest absolute Gasteiger partial charge is 0.184 e. The normalized spacial score (nSPS) is 89.6. The summed E-state index contributed by atoms with van der Waals surface area (Å²) in [4.78, 5) is 0. The zero-order valence-electron chi connectivity index (χ0n) is 12.6. The van der Waals surface area contributed by atoms with Crippen molar-refractivity contribution in [2.45, 2.75) is 30.6 Å². The molecule has 1 fully saturated rings. The first-order valence-electron chi connectivity index (χ1n) is 6.28. The van der Waals surface area contributed by atoms with E-state index in [-0.39, 0.29) is 0 Å². The molecule has 0 saturated carbocycles. The van der Waals surface area contributed by atoms with Crippen LogP contribution in [0.15, 0.2) is 0 Å². The van der Waals surface area contributed by atoms with Crippen molar-refractivity contribution < 1.29 is 39.9 Å².